The summed E-state index contributed by atoms with van der Waals surface area (Å²) in [6, 6.07) is 26.7. The molecule has 1 aliphatic rings. The van der Waals surface area contributed by atoms with Crippen molar-refractivity contribution in [1.82, 2.24) is 10.2 Å². The molecule has 0 saturated carbocycles. The molecule has 16 heteroatoms. The van der Waals surface area contributed by atoms with Crippen LogP contribution in [0, 0.1) is 6.92 Å². The fourth-order valence-electron chi connectivity index (χ4n) is 5.01. The molecule has 12 nitrogen and oxygen atoms in total. The highest BCUT2D eigenvalue weighted by Gasteiger charge is 2.55. The minimum absolute atomic E-state index is 0.114. The summed E-state index contributed by atoms with van der Waals surface area (Å²) in [5, 5.41) is 1.08. The van der Waals surface area contributed by atoms with Gasteiger partial charge in [0.1, 0.15) is 28.7 Å². The lowest BCUT2D eigenvalue weighted by Gasteiger charge is -2.46. The van der Waals surface area contributed by atoms with Gasteiger partial charge in [-0.2, -0.15) is 8.42 Å². The lowest BCUT2D eigenvalue weighted by atomic mass is 10.0. The minimum Gasteiger partial charge on any atom is -0.497 e. The second kappa shape index (κ2) is 16.7. The van der Waals surface area contributed by atoms with E-state index in [2.05, 4.69) is 5.32 Å². The molecule has 0 radical (unpaired) electrons. The van der Waals surface area contributed by atoms with E-state index >= 15 is 0 Å². The number of methoxy groups -OCH3 is 1. The van der Waals surface area contributed by atoms with E-state index in [9.17, 15) is 31.2 Å². The Labute approximate surface area is 310 Å². The summed E-state index contributed by atoms with van der Waals surface area (Å²) in [6.07, 6.45) is -0.134. The molecule has 0 aromatic heterocycles. The van der Waals surface area contributed by atoms with Crippen LogP contribution in [0.4, 0.5) is 0 Å². The number of benzene rings is 4. The average molecular weight is 785 g/mol. The third-order valence-electron chi connectivity index (χ3n) is 7.69. The molecule has 0 spiro atoms. The summed E-state index contributed by atoms with van der Waals surface area (Å²) in [5.41, 5.74) is 1.15. The molecular weight excluding hydrogens is 752 g/mol. The third kappa shape index (κ3) is 9.14. The predicted molar refractivity (Wildman–Crippen MR) is 194 cm³/mol. The van der Waals surface area contributed by atoms with Gasteiger partial charge < -0.3 is 19.0 Å². The second-order valence-corrected chi connectivity index (χ2v) is 17.1. The monoisotopic (exact) mass is 784 g/mol. The Hall–Kier alpha value is -4.83. The number of rotatable bonds is 15. The molecule has 1 N–H and O–H groups in total. The molecule has 5 rings (SSSR count). The number of hydrogen-bond donors (Lipinski definition) is 1. The Morgan fingerprint density at radius 1 is 0.827 bits per heavy atom. The molecule has 4 aromatic carbocycles. The number of alkyl halides is 1. The molecule has 1 aliphatic heterocycles. The van der Waals surface area contributed by atoms with Crippen molar-refractivity contribution in [2.75, 3.05) is 13.0 Å². The molecule has 52 heavy (non-hydrogen) atoms. The number of hydrogen-bond acceptors (Lipinski definition) is 11. The van der Waals surface area contributed by atoms with Crippen LogP contribution in [0.3, 0.4) is 0 Å². The van der Waals surface area contributed by atoms with Gasteiger partial charge >= 0.3 is 16.1 Å². The maximum Gasteiger partial charge on any atom is 0.359 e. The van der Waals surface area contributed by atoms with E-state index in [1.807, 2.05) is 0 Å². The van der Waals surface area contributed by atoms with E-state index < -0.39 is 65.5 Å². The van der Waals surface area contributed by atoms with Crippen LogP contribution in [0.15, 0.2) is 130 Å². The fraction of sp³-hybridized carbons (Fsp3) is 0.194. The van der Waals surface area contributed by atoms with E-state index in [4.69, 9.17) is 25.3 Å². The van der Waals surface area contributed by atoms with Crippen molar-refractivity contribution in [2.45, 2.75) is 41.2 Å². The maximum absolute atomic E-state index is 14.0. The van der Waals surface area contributed by atoms with E-state index in [1.54, 1.807) is 67.6 Å². The molecule has 0 unspecified atom stereocenters. The number of aryl methyl sites for hydroxylation is 1. The summed E-state index contributed by atoms with van der Waals surface area (Å²) in [6.45, 7) is 1.41. The summed E-state index contributed by atoms with van der Waals surface area (Å²) >= 11 is 6.23. The first-order valence-corrected chi connectivity index (χ1v) is 20.4. The van der Waals surface area contributed by atoms with Crippen molar-refractivity contribution in [2.24, 2.45) is 0 Å². The van der Waals surface area contributed by atoms with Crippen LogP contribution in [0.5, 0.6) is 5.75 Å². The molecule has 2 atom stereocenters. The molecule has 0 bridgehead atoms. The van der Waals surface area contributed by atoms with Gasteiger partial charge in [0.15, 0.2) is 11.5 Å². The van der Waals surface area contributed by atoms with Crippen LogP contribution >= 0.6 is 22.4 Å². The number of ether oxygens (including phenoxy) is 2. The van der Waals surface area contributed by atoms with E-state index in [0.29, 0.717) is 16.9 Å². The van der Waals surface area contributed by atoms with E-state index in [1.165, 1.54) is 55.6 Å². The topological polar surface area (TPSA) is 162 Å². The van der Waals surface area contributed by atoms with Crippen molar-refractivity contribution in [1.29, 1.82) is 0 Å². The fourth-order valence-corrected chi connectivity index (χ4v) is 9.71. The van der Waals surface area contributed by atoms with Crippen LogP contribution in [0.1, 0.15) is 16.7 Å². The Bertz CT molecular complexity index is 2160. The summed E-state index contributed by atoms with van der Waals surface area (Å²) < 4.78 is 70.3. The molecule has 2 amide bonds. The number of nitrogens with zero attached hydrogens (tertiary/aromatic N) is 1. The molecule has 272 valence electrons. The van der Waals surface area contributed by atoms with Gasteiger partial charge in [-0.05, 0) is 54.4 Å². The highest BCUT2D eigenvalue weighted by atomic mass is 35.5. The van der Waals surface area contributed by atoms with Gasteiger partial charge in [-0.25, -0.2) is 13.2 Å². The normalized spacial score (nSPS) is 16.3. The van der Waals surface area contributed by atoms with Gasteiger partial charge in [-0.1, -0.05) is 78.4 Å². The molecule has 0 aliphatic carbocycles. The van der Waals surface area contributed by atoms with Crippen LogP contribution in [-0.2, 0) is 55.3 Å². The van der Waals surface area contributed by atoms with E-state index in [-0.39, 0.29) is 33.6 Å². The van der Waals surface area contributed by atoms with Gasteiger partial charge in [-0.3, -0.25) is 14.5 Å². The van der Waals surface area contributed by atoms with Crippen molar-refractivity contribution < 1.29 is 44.9 Å². The highest BCUT2D eigenvalue weighted by Crippen LogP contribution is 2.41. The van der Waals surface area contributed by atoms with Gasteiger partial charge in [-0.15, -0.1) is 11.6 Å². The largest absolute Gasteiger partial charge is 0.497 e. The van der Waals surface area contributed by atoms with Gasteiger partial charge in [0.05, 0.1) is 24.3 Å². The van der Waals surface area contributed by atoms with Crippen LogP contribution in [-0.4, -0.2) is 63.9 Å². The first-order chi connectivity index (χ1) is 24.8. The number of halogens is 1. The van der Waals surface area contributed by atoms with Crippen LogP contribution in [0.25, 0.3) is 0 Å². The lowest BCUT2D eigenvalue weighted by Crippen LogP contribution is -2.70. The van der Waals surface area contributed by atoms with Gasteiger partial charge in [0.2, 0.25) is 14.8 Å². The Morgan fingerprint density at radius 3 is 2.04 bits per heavy atom. The Morgan fingerprint density at radius 2 is 1.44 bits per heavy atom. The van der Waals surface area contributed by atoms with Crippen LogP contribution < -0.4 is 10.1 Å². The maximum atomic E-state index is 14.0. The van der Waals surface area contributed by atoms with Crippen LogP contribution in [0.2, 0.25) is 0 Å². The third-order valence-corrected chi connectivity index (χ3v) is 12.9. The molecular formula is C36H33ClN2O10S3. The molecule has 1 heterocycles. The van der Waals surface area contributed by atoms with Crippen molar-refractivity contribution >= 4 is 59.2 Å². The smallest absolute Gasteiger partial charge is 0.359 e. The number of allylic oxidation sites excluding steroid dienone is 1. The zero-order chi connectivity index (χ0) is 37.5. The molecule has 1 fully saturated rings. The predicted octanol–water partition coefficient (Wildman–Crippen LogP) is 4.92. The Balaban J connectivity index is 1.55. The number of amides is 2. The molecule has 1 saturated heterocycles. The number of nitrogens with one attached hydrogen (secondary N) is 1. The number of carbonyl (C=O) groups is 3. The number of esters is 1. The zero-order valence-electron chi connectivity index (χ0n) is 27.8. The highest BCUT2D eigenvalue weighted by molar-refractivity contribution is 8.72. The first kappa shape index (κ1) is 38.4. The molecule has 4 aromatic rings. The number of likely N-dealkylation sites (tertiary alicyclic amines) is 1. The Kier molecular flexibility index (Phi) is 12.3. The lowest BCUT2D eigenvalue weighted by molar-refractivity contribution is -0.153. The first-order valence-electron chi connectivity index (χ1n) is 15.6. The van der Waals surface area contributed by atoms with Crippen molar-refractivity contribution in [3.63, 3.8) is 0 Å². The number of carbonyl (C=O) groups excluding carboxylic acids is 3. The summed E-state index contributed by atoms with van der Waals surface area (Å²) in [4.78, 5) is 41.4. The van der Waals surface area contributed by atoms with Gasteiger partial charge in [0.25, 0.3) is 5.91 Å². The van der Waals surface area contributed by atoms with Gasteiger partial charge in [0, 0.05) is 10.8 Å². The summed E-state index contributed by atoms with van der Waals surface area (Å²) in [5.74, 6) is -3.69. The standard InChI is InChI=1S/C36H33ClN2O10S3/c1-24-13-19-28(20-14-24)51(43,44)49-30(22-37)33(36(42)48-23-26-15-17-27(47-2)18-16-26)39-34(41)32(38-31(40)21-25-9-5-3-6-10-25)35(39)50-52(45,46)29-11-7-4-8-12-29/h3-20,32,35H,21-23H2,1-2H3,(H,38,40)/b33-30+/t32-,35-/m1/s1. The SMILES string of the molecule is COc1ccc(COC(=O)/C(=C(/CCl)OS(=O)(=O)c2ccc(C)cc2)N2C(=O)[C@@H](NC(=O)Cc3ccccc3)[C@H]2SS(=O)(=O)c2ccccc2)cc1. The quantitative estimate of drug-likeness (QED) is 0.0331. The second-order valence-electron chi connectivity index (χ2n) is 11.3. The van der Waals surface area contributed by atoms with Crippen molar-refractivity contribution in [3.05, 3.63) is 137 Å². The number of β-lactam (4-membered cyclic amide) rings is 1. The summed E-state index contributed by atoms with van der Waals surface area (Å²) in [7, 11) is -7.12. The average Bonchev–Trinajstić information content (AvgIpc) is 3.14. The zero-order valence-corrected chi connectivity index (χ0v) is 31.0. The van der Waals surface area contributed by atoms with E-state index in [0.717, 1.165) is 10.5 Å². The van der Waals surface area contributed by atoms with Crippen molar-refractivity contribution in [3.8, 4) is 5.75 Å². The minimum atomic E-state index is -4.64.